The third-order valence-electron chi connectivity index (χ3n) is 3.00. The molecule has 16 heavy (non-hydrogen) atoms. The monoisotopic (exact) mass is 238 g/mol. The molecule has 0 aromatic heterocycles. The summed E-state index contributed by atoms with van der Waals surface area (Å²) in [5.41, 5.74) is 6.41. The first-order valence-electron chi connectivity index (χ1n) is 5.49. The summed E-state index contributed by atoms with van der Waals surface area (Å²) < 4.78 is 0. The molecule has 86 valence electrons. The van der Waals surface area contributed by atoms with Crippen molar-refractivity contribution in [3.8, 4) is 0 Å². The van der Waals surface area contributed by atoms with Crippen molar-refractivity contribution >= 4 is 17.5 Å². The highest BCUT2D eigenvalue weighted by Gasteiger charge is 2.25. The van der Waals surface area contributed by atoms with Crippen LogP contribution in [0, 0.1) is 0 Å². The van der Waals surface area contributed by atoms with Crippen LogP contribution >= 0.6 is 11.6 Å². The van der Waals surface area contributed by atoms with Gasteiger partial charge in [-0.2, -0.15) is 0 Å². The lowest BCUT2D eigenvalue weighted by molar-refractivity contribution is 0.0935. The van der Waals surface area contributed by atoms with Crippen LogP contribution in [0.5, 0.6) is 0 Å². The lowest BCUT2D eigenvalue weighted by atomic mass is 10.1. The molecule has 1 aromatic carbocycles. The number of nitrogens with one attached hydrogen (secondary N) is 1. The predicted octanol–water partition coefficient (Wildman–Crippen LogP) is 1.95. The summed E-state index contributed by atoms with van der Waals surface area (Å²) in [5, 5.41) is 3.42. The third kappa shape index (κ3) is 2.36. The second-order valence-corrected chi connectivity index (χ2v) is 4.56. The van der Waals surface area contributed by atoms with Crippen molar-refractivity contribution in [1.82, 2.24) is 5.32 Å². The van der Waals surface area contributed by atoms with Gasteiger partial charge in [0.15, 0.2) is 0 Å². The van der Waals surface area contributed by atoms with Gasteiger partial charge in [-0.1, -0.05) is 23.7 Å². The zero-order valence-electron chi connectivity index (χ0n) is 8.95. The van der Waals surface area contributed by atoms with Crippen molar-refractivity contribution in [2.45, 2.75) is 31.3 Å². The molecule has 0 heterocycles. The normalized spacial score (nSPS) is 24.4. The summed E-state index contributed by atoms with van der Waals surface area (Å²) in [4.78, 5) is 11.9. The fourth-order valence-corrected chi connectivity index (χ4v) is 2.28. The molecule has 1 unspecified atom stereocenters. The van der Waals surface area contributed by atoms with Crippen molar-refractivity contribution in [2.24, 2.45) is 5.73 Å². The van der Waals surface area contributed by atoms with E-state index in [-0.39, 0.29) is 18.0 Å². The zero-order valence-corrected chi connectivity index (χ0v) is 9.70. The molecule has 3 nitrogen and oxygen atoms in total. The molecule has 1 aromatic rings. The van der Waals surface area contributed by atoms with Crippen LogP contribution in [0.3, 0.4) is 0 Å². The lowest BCUT2D eigenvalue weighted by Gasteiger charge is -2.17. The van der Waals surface area contributed by atoms with Gasteiger partial charge >= 0.3 is 0 Å². The first kappa shape index (κ1) is 11.4. The van der Waals surface area contributed by atoms with Crippen LogP contribution in [-0.4, -0.2) is 18.0 Å². The van der Waals surface area contributed by atoms with Crippen molar-refractivity contribution < 1.29 is 4.79 Å². The molecule has 0 bridgehead atoms. The van der Waals surface area contributed by atoms with Crippen molar-refractivity contribution in [2.75, 3.05) is 0 Å². The summed E-state index contributed by atoms with van der Waals surface area (Å²) in [7, 11) is 0. The van der Waals surface area contributed by atoms with Gasteiger partial charge in [0.05, 0.1) is 10.6 Å². The smallest absolute Gasteiger partial charge is 0.253 e. The molecule has 0 aliphatic heterocycles. The number of benzene rings is 1. The van der Waals surface area contributed by atoms with Crippen LogP contribution in [0.4, 0.5) is 0 Å². The summed E-state index contributed by atoms with van der Waals surface area (Å²) in [6, 6.07) is 7.20. The van der Waals surface area contributed by atoms with Crippen molar-refractivity contribution in [1.29, 1.82) is 0 Å². The average Bonchev–Trinajstić information content (AvgIpc) is 2.65. The SMILES string of the molecule is N[C@H]1CCCC1NC(=O)c1ccccc1Cl. The molecule has 1 aliphatic carbocycles. The Bertz CT molecular complexity index is 394. The number of nitrogens with two attached hydrogens (primary N) is 1. The van der Waals surface area contributed by atoms with Crippen LogP contribution in [0.15, 0.2) is 24.3 Å². The quantitative estimate of drug-likeness (QED) is 0.828. The van der Waals surface area contributed by atoms with E-state index in [1.165, 1.54) is 0 Å². The van der Waals surface area contributed by atoms with E-state index >= 15 is 0 Å². The van der Waals surface area contributed by atoms with Gasteiger partial charge in [-0.3, -0.25) is 4.79 Å². The minimum Gasteiger partial charge on any atom is -0.348 e. The fraction of sp³-hybridized carbons (Fsp3) is 0.417. The molecule has 4 heteroatoms. The number of hydrogen-bond donors (Lipinski definition) is 2. The molecule has 1 saturated carbocycles. The maximum absolute atomic E-state index is 11.9. The highest BCUT2D eigenvalue weighted by Crippen LogP contribution is 2.19. The average molecular weight is 239 g/mol. The topological polar surface area (TPSA) is 55.1 Å². The number of amides is 1. The van der Waals surface area contributed by atoms with E-state index in [1.54, 1.807) is 24.3 Å². The Morgan fingerprint density at radius 1 is 1.38 bits per heavy atom. The van der Waals surface area contributed by atoms with E-state index in [2.05, 4.69) is 5.32 Å². The second kappa shape index (κ2) is 4.85. The minimum absolute atomic E-state index is 0.0754. The summed E-state index contributed by atoms with van der Waals surface area (Å²) >= 11 is 5.95. The summed E-state index contributed by atoms with van der Waals surface area (Å²) in [6.07, 6.45) is 3.01. The fourth-order valence-electron chi connectivity index (χ4n) is 2.06. The summed E-state index contributed by atoms with van der Waals surface area (Å²) in [5.74, 6) is -0.132. The Kier molecular flexibility index (Phi) is 3.46. The van der Waals surface area contributed by atoms with Crippen LogP contribution in [0.2, 0.25) is 5.02 Å². The Labute approximate surface area is 100.0 Å². The standard InChI is InChI=1S/C12H15ClN2O/c13-9-5-2-1-4-8(9)12(16)15-11-7-3-6-10(11)14/h1-2,4-5,10-11H,3,6-7,14H2,(H,15,16)/t10-,11?/m0/s1. The molecule has 0 radical (unpaired) electrons. The number of halogens is 1. The number of carbonyl (C=O) groups excluding carboxylic acids is 1. The van der Waals surface area contributed by atoms with Crippen LogP contribution in [0.1, 0.15) is 29.6 Å². The van der Waals surface area contributed by atoms with E-state index in [0.29, 0.717) is 10.6 Å². The van der Waals surface area contributed by atoms with Gasteiger partial charge in [-0.25, -0.2) is 0 Å². The van der Waals surface area contributed by atoms with E-state index in [0.717, 1.165) is 19.3 Å². The molecule has 0 saturated heterocycles. The highest BCUT2D eigenvalue weighted by atomic mass is 35.5. The minimum atomic E-state index is -0.132. The Hall–Kier alpha value is -1.06. The molecule has 1 aliphatic rings. The van der Waals surface area contributed by atoms with Gasteiger partial charge in [0.2, 0.25) is 0 Å². The molecule has 2 atom stereocenters. The Balaban J connectivity index is 2.06. The molecular formula is C12H15ClN2O. The molecule has 3 N–H and O–H groups in total. The van der Waals surface area contributed by atoms with E-state index in [1.807, 2.05) is 0 Å². The molecule has 2 rings (SSSR count). The van der Waals surface area contributed by atoms with Gasteiger partial charge in [0.25, 0.3) is 5.91 Å². The number of rotatable bonds is 2. The Morgan fingerprint density at radius 3 is 2.75 bits per heavy atom. The third-order valence-corrected chi connectivity index (χ3v) is 3.33. The maximum atomic E-state index is 11.9. The van der Waals surface area contributed by atoms with Crippen LogP contribution < -0.4 is 11.1 Å². The van der Waals surface area contributed by atoms with Gasteiger partial charge in [0.1, 0.15) is 0 Å². The second-order valence-electron chi connectivity index (χ2n) is 4.15. The predicted molar refractivity (Wildman–Crippen MR) is 64.5 cm³/mol. The largest absolute Gasteiger partial charge is 0.348 e. The van der Waals surface area contributed by atoms with Crippen molar-refractivity contribution in [3.63, 3.8) is 0 Å². The first-order valence-corrected chi connectivity index (χ1v) is 5.87. The van der Waals surface area contributed by atoms with Gasteiger partial charge in [-0.05, 0) is 31.4 Å². The summed E-state index contributed by atoms with van der Waals surface area (Å²) in [6.45, 7) is 0. The lowest BCUT2D eigenvalue weighted by Crippen LogP contribution is -2.44. The first-order chi connectivity index (χ1) is 7.68. The molecular weight excluding hydrogens is 224 g/mol. The zero-order chi connectivity index (χ0) is 11.5. The maximum Gasteiger partial charge on any atom is 0.253 e. The highest BCUT2D eigenvalue weighted by molar-refractivity contribution is 6.33. The number of carbonyl (C=O) groups is 1. The van der Waals surface area contributed by atoms with Crippen LogP contribution in [0.25, 0.3) is 0 Å². The molecule has 1 fully saturated rings. The van der Waals surface area contributed by atoms with Gasteiger partial charge < -0.3 is 11.1 Å². The van der Waals surface area contributed by atoms with E-state index in [9.17, 15) is 4.79 Å². The molecule has 1 amide bonds. The van der Waals surface area contributed by atoms with Gasteiger partial charge in [0, 0.05) is 12.1 Å². The van der Waals surface area contributed by atoms with Crippen molar-refractivity contribution in [3.05, 3.63) is 34.9 Å². The van der Waals surface area contributed by atoms with E-state index in [4.69, 9.17) is 17.3 Å². The number of hydrogen-bond acceptors (Lipinski definition) is 2. The Morgan fingerprint density at radius 2 is 2.12 bits per heavy atom. The van der Waals surface area contributed by atoms with Crippen LogP contribution in [-0.2, 0) is 0 Å². The van der Waals surface area contributed by atoms with E-state index < -0.39 is 0 Å². The molecule has 0 spiro atoms. The van der Waals surface area contributed by atoms with Gasteiger partial charge in [-0.15, -0.1) is 0 Å².